The molecule has 0 heterocycles. The van der Waals surface area contributed by atoms with Crippen molar-refractivity contribution in [2.75, 3.05) is 0 Å². The zero-order valence-electron chi connectivity index (χ0n) is 6.90. The molecule has 13 heavy (non-hydrogen) atoms. The lowest BCUT2D eigenvalue weighted by Gasteiger charge is -1.95. The number of rotatable bonds is 2. The number of benzene rings is 1. The third-order valence-electron chi connectivity index (χ3n) is 1.31. The second-order valence-corrected chi connectivity index (χ2v) is 2.25. The van der Waals surface area contributed by atoms with Crippen molar-refractivity contribution in [1.29, 1.82) is 0 Å². The molecule has 0 unspecified atom stereocenters. The summed E-state index contributed by atoms with van der Waals surface area (Å²) < 4.78 is 0. The van der Waals surface area contributed by atoms with Crippen molar-refractivity contribution >= 4 is 12.2 Å². The van der Waals surface area contributed by atoms with E-state index >= 15 is 0 Å². The van der Waals surface area contributed by atoms with Gasteiger partial charge in [-0.05, 0) is 5.56 Å². The Morgan fingerprint density at radius 1 is 1.38 bits per heavy atom. The predicted molar refractivity (Wildman–Crippen MR) is 49.9 cm³/mol. The Labute approximate surface area is 75.6 Å². The summed E-state index contributed by atoms with van der Waals surface area (Å²) in [5.41, 5.74) is 4.97. The van der Waals surface area contributed by atoms with Crippen molar-refractivity contribution in [3.05, 3.63) is 35.9 Å². The van der Waals surface area contributed by atoms with Crippen LogP contribution in [0, 0.1) is 0 Å². The van der Waals surface area contributed by atoms with Crippen molar-refractivity contribution in [2.45, 2.75) is 0 Å². The molecule has 4 N–H and O–H groups in total. The quantitative estimate of drug-likeness (QED) is 0.261. The minimum absolute atomic E-state index is 0.549. The Kier molecular flexibility index (Phi) is 3.46. The van der Waals surface area contributed by atoms with Crippen LogP contribution >= 0.6 is 0 Å². The summed E-state index contributed by atoms with van der Waals surface area (Å²) in [6.45, 7) is 0. The number of hydrazine groups is 1. The lowest BCUT2D eigenvalue weighted by atomic mass is 10.2. The molecular formula is C8H10N4O. The summed E-state index contributed by atoms with van der Waals surface area (Å²) >= 11 is 0. The maximum atomic E-state index is 10.5. The summed E-state index contributed by atoms with van der Waals surface area (Å²) in [5.74, 6) is 4.82. The second-order valence-electron chi connectivity index (χ2n) is 2.25. The molecule has 0 aliphatic carbocycles. The third-order valence-corrected chi connectivity index (χ3v) is 1.31. The number of nitrogens with zero attached hydrogens (tertiary/aromatic N) is 1. The zero-order valence-corrected chi connectivity index (χ0v) is 6.90. The van der Waals surface area contributed by atoms with Crippen LogP contribution < -0.4 is 16.7 Å². The first-order valence-corrected chi connectivity index (χ1v) is 3.67. The topological polar surface area (TPSA) is 79.5 Å². The first-order valence-electron chi connectivity index (χ1n) is 3.67. The highest BCUT2D eigenvalue weighted by Gasteiger charge is 1.89. The van der Waals surface area contributed by atoms with Crippen LogP contribution in [0.25, 0.3) is 0 Å². The molecule has 0 spiro atoms. The molecular weight excluding hydrogens is 168 g/mol. The fourth-order valence-electron chi connectivity index (χ4n) is 0.737. The molecule has 1 aromatic rings. The predicted octanol–water partition coefficient (Wildman–Crippen LogP) is 0.193. The van der Waals surface area contributed by atoms with Crippen LogP contribution in [-0.2, 0) is 0 Å². The number of amides is 2. The van der Waals surface area contributed by atoms with E-state index < -0.39 is 6.03 Å². The van der Waals surface area contributed by atoms with Gasteiger partial charge in [-0.25, -0.2) is 16.1 Å². The molecule has 2 amide bonds. The maximum absolute atomic E-state index is 10.5. The van der Waals surface area contributed by atoms with E-state index in [1.54, 1.807) is 0 Å². The van der Waals surface area contributed by atoms with Crippen LogP contribution in [0.4, 0.5) is 4.79 Å². The van der Waals surface area contributed by atoms with E-state index in [1.807, 2.05) is 35.8 Å². The van der Waals surface area contributed by atoms with Crippen LogP contribution in [-0.4, -0.2) is 12.2 Å². The summed E-state index contributed by atoms with van der Waals surface area (Å²) in [7, 11) is 0. The Morgan fingerprint density at radius 3 is 2.69 bits per heavy atom. The molecule has 0 saturated carbocycles. The van der Waals surface area contributed by atoms with Gasteiger partial charge < -0.3 is 0 Å². The van der Waals surface area contributed by atoms with Gasteiger partial charge in [-0.1, -0.05) is 30.3 Å². The largest absolute Gasteiger partial charge is 0.349 e. The average molecular weight is 178 g/mol. The third kappa shape index (κ3) is 3.35. The maximum Gasteiger partial charge on any atom is 0.349 e. The van der Waals surface area contributed by atoms with Crippen molar-refractivity contribution in [2.24, 2.45) is 10.9 Å². The fourth-order valence-corrected chi connectivity index (χ4v) is 0.737. The molecule has 1 aromatic carbocycles. The number of hydrazone groups is 1. The van der Waals surface area contributed by atoms with Crippen molar-refractivity contribution in [3.8, 4) is 0 Å². The molecule has 0 aromatic heterocycles. The minimum Gasteiger partial charge on any atom is -0.274 e. The van der Waals surface area contributed by atoms with E-state index in [-0.39, 0.29) is 0 Å². The van der Waals surface area contributed by atoms with E-state index in [4.69, 9.17) is 5.84 Å². The lowest BCUT2D eigenvalue weighted by Crippen LogP contribution is -2.37. The summed E-state index contributed by atoms with van der Waals surface area (Å²) in [5, 5.41) is 3.65. The molecule has 0 aliphatic heterocycles. The number of urea groups is 1. The monoisotopic (exact) mass is 178 g/mol. The van der Waals surface area contributed by atoms with E-state index in [2.05, 4.69) is 10.5 Å². The van der Waals surface area contributed by atoms with Crippen LogP contribution in [0.2, 0.25) is 0 Å². The number of nitrogens with one attached hydrogen (secondary N) is 2. The fraction of sp³-hybridized carbons (Fsp3) is 0. The van der Waals surface area contributed by atoms with Crippen LogP contribution in [0.3, 0.4) is 0 Å². The van der Waals surface area contributed by atoms with Gasteiger partial charge in [0.25, 0.3) is 0 Å². The molecule has 0 bridgehead atoms. The number of hydrogen-bond donors (Lipinski definition) is 3. The molecule has 0 radical (unpaired) electrons. The standard InChI is InChI=1S/C8H10N4O/c9-11-8(13)12-10-6-7-4-2-1-3-5-7/h1-6H,9H2,(H2,11,12,13). The van der Waals surface area contributed by atoms with Gasteiger partial charge in [0.05, 0.1) is 6.21 Å². The summed E-state index contributed by atoms with van der Waals surface area (Å²) in [6, 6.07) is 8.84. The Morgan fingerprint density at radius 2 is 2.08 bits per heavy atom. The zero-order chi connectivity index (χ0) is 9.52. The van der Waals surface area contributed by atoms with Gasteiger partial charge in [-0.2, -0.15) is 5.10 Å². The van der Waals surface area contributed by atoms with Gasteiger partial charge in [-0.3, -0.25) is 5.43 Å². The van der Waals surface area contributed by atoms with E-state index in [0.717, 1.165) is 5.56 Å². The first kappa shape index (κ1) is 9.21. The van der Waals surface area contributed by atoms with Gasteiger partial charge >= 0.3 is 6.03 Å². The van der Waals surface area contributed by atoms with Crippen LogP contribution in [0.5, 0.6) is 0 Å². The SMILES string of the molecule is NNC(=O)NN=Cc1ccccc1. The van der Waals surface area contributed by atoms with Gasteiger partial charge in [0.2, 0.25) is 0 Å². The molecule has 0 aliphatic rings. The highest BCUT2D eigenvalue weighted by atomic mass is 16.2. The highest BCUT2D eigenvalue weighted by Crippen LogP contribution is 1.92. The van der Waals surface area contributed by atoms with Crippen LogP contribution in [0.15, 0.2) is 35.4 Å². The Balaban J connectivity index is 2.45. The van der Waals surface area contributed by atoms with Gasteiger partial charge in [0.1, 0.15) is 0 Å². The number of nitrogens with two attached hydrogens (primary N) is 1. The second kappa shape index (κ2) is 4.89. The average Bonchev–Trinajstić information content (AvgIpc) is 2.19. The smallest absolute Gasteiger partial charge is 0.274 e. The Hall–Kier alpha value is -1.88. The van der Waals surface area contributed by atoms with Gasteiger partial charge in [-0.15, -0.1) is 0 Å². The first-order chi connectivity index (χ1) is 6.33. The molecule has 0 atom stereocenters. The molecule has 5 heteroatoms. The lowest BCUT2D eigenvalue weighted by molar-refractivity contribution is 0.241. The highest BCUT2D eigenvalue weighted by molar-refractivity contribution is 5.81. The van der Waals surface area contributed by atoms with E-state index in [9.17, 15) is 4.79 Å². The molecule has 5 nitrogen and oxygen atoms in total. The van der Waals surface area contributed by atoms with Crippen molar-refractivity contribution in [3.63, 3.8) is 0 Å². The Bertz CT molecular complexity index is 296. The molecule has 0 saturated heterocycles. The minimum atomic E-state index is -0.549. The van der Waals surface area contributed by atoms with Gasteiger partial charge in [0, 0.05) is 0 Å². The van der Waals surface area contributed by atoms with Gasteiger partial charge in [0.15, 0.2) is 0 Å². The number of carbonyl (C=O) groups excluding carboxylic acids is 1. The number of hydrogen-bond acceptors (Lipinski definition) is 3. The van der Waals surface area contributed by atoms with E-state index in [1.165, 1.54) is 6.21 Å². The number of carbonyl (C=O) groups is 1. The summed E-state index contributed by atoms with van der Waals surface area (Å²) in [6.07, 6.45) is 1.52. The van der Waals surface area contributed by atoms with E-state index in [0.29, 0.717) is 0 Å². The van der Waals surface area contributed by atoms with Crippen LogP contribution in [0.1, 0.15) is 5.56 Å². The molecule has 68 valence electrons. The van der Waals surface area contributed by atoms with Crippen molar-refractivity contribution < 1.29 is 4.79 Å². The normalized spacial score (nSPS) is 9.92. The summed E-state index contributed by atoms with van der Waals surface area (Å²) in [4.78, 5) is 10.5. The van der Waals surface area contributed by atoms with Crippen molar-refractivity contribution in [1.82, 2.24) is 10.9 Å². The molecule has 1 rings (SSSR count). The molecule has 0 fully saturated rings.